The van der Waals surface area contributed by atoms with Crippen LogP contribution in [0.5, 0.6) is 0 Å². The van der Waals surface area contributed by atoms with Gasteiger partial charge < -0.3 is 10.1 Å². The quantitative estimate of drug-likeness (QED) is 0.270. The molecule has 0 radical (unpaired) electrons. The monoisotopic (exact) mass is 414 g/mol. The highest BCUT2D eigenvalue weighted by molar-refractivity contribution is 8.00. The average Bonchev–Trinajstić information content (AvgIpc) is 2.71. The Morgan fingerprint density at radius 2 is 1.83 bits per heavy atom. The van der Waals surface area contributed by atoms with Crippen LogP contribution < -0.4 is 5.32 Å². The van der Waals surface area contributed by atoms with Crippen molar-refractivity contribution in [1.29, 1.82) is 0 Å². The van der Waals surface area contributed by atoms with Crippen molar-refractivity contribution in [2.45, 2.75) is 4.90 Å². The van der Waals surface area contributed by atoms with Crippen molar-refractivity contribution < 1.29 is 23.6 Å². The molecule has 0 bridgehead atoms. The van der Waals surface area contributed by atoms with Crippen molar-refractivity contribution in [3.8, 4) is 0 Å². The Hall–Kier alpha value is -3.46. The van der Waals surface area contributed by atoms with Gasteiger partial charge in [0, 0.05) is 16.6 Å². The number of nitrogens with zero attached hydrogens (tertiary/aromatic N) is 1. The molecule has 0 heterocycles. The maximum atomic E-state index is 13.3. The standard InChI is InChI=1S/C20H15FN2O5S/c21-17-8-6-15(10-18(17)23(26)27)22-19(24)11-28-20(25)12-29-16-7-5-13-3-1-2-4-14(13)9-16/h1-10H,11-12H2,(H,22,24). The van der Waals surface area contributed by atoms with E-state index >= 15 is 0 Å². The van der Waals surface area contributed by atoms with Crippen molar-refractivity contribution in [3.63, 3.8) is 0 Å². The van der Waals surface area contributed by atoms with Crippen LogP contribution in [0.25, 0.3) is 10.8 Å². The van der Waals surface area contributed by atoms with E-state index in [2.05, 4.69) is 5.32 Å². The number of benzene rings is 3. The molecule has 9 heteroatoms. The van der Waals surface area contributed by atoms with Gasteiger partial charge in [0.15, 0.2) is 6.61 Å². The molecule has 0 atom stereocenters. The lowest BCUT2D eigenvalue weighted by atomic mass is 10.1. The van der Waals surface area contributed by atoms with Crippen LogP contribution >= 0.6 is 11.8 Å². The minimum atomic E-state index is -1.01. The molecule has 0 saturated heterocycles. The van der Waals surface area contributed by atoms with Gasteiger partial charge in [0.1, 0.15) is 0 Å². The van der Waals surface area contributed by atoms with E-state index in [9.17, 15) is 24.1 Å². The van der Waals surface area contributed by atoms with E-state index in [4.69, 9.17) is 4.74 Å². The molecule has 1 N–H and O–H groups in total. The number of fused-ring (bicyclic) bond motifs is 1. The first-order chi connectivity index (χ1) is 13.9. The number of carbonyl (C=O) groups is 2. The van der Waals surface area contributed by atoms with Crippen LogP contribution in [0, 0.1) is 15.9 Å². The Morgan fingerprint density at radius 1 is 1.07 bits per heavy atom. The van der Waals surface area contributed by atoms with Gasteiger partial charge in [-0.15, -0.1) is 11.8 Å². The number of esters is 1. The molecule has 0 aliphatic rings. The Kier molecular flexibility index (Phi) is 6.40. The number of anilines is 1. The summed E-state index contributed by atoms with van der Waals surface area (Å²) in [5.74, 6) is -2.25. The number of hydrogen-bond acceptors (Lipinski definition) is 6. The highest BCUT2D eigenvalue weighted by atomic mass is 32.2. The van der Waals surface area contributed by atoms with Gasteiger partial charge in [0.05, 0.1) is 10.7 Å². The van der Waals surface area contributed by atoms with Crippen LogP contribution in [-0.4, -0.2) is 29.2 Å². The first kappa shape index (κ1) is 20.3. The fraction of sp³-hybridized carbons (Fsp3) is 0.100. The highest BCUT2D eigenvalue weighted by Gasteiger charge is 2.16. The summed E-state index contributed by atoms with van der Waals surface area (Å²) in [6.07, 6.45) is 0. The van der Waals surface area contributed by atoms with E-state index in [1.165, 1.54) is 17.8 Å². The minimum absolute atomic E-state index is 0.0215. The molecule has 0 spiro atoms. The average molecular weight is 414 g/mol. The van der Waals surface area contributed by atoms with E-state index in [-0.39, 0.29) is 11.4 Å². The predicted molar refractivity (Wildman–Crippen MR) is 107 cm³/mol. The largest absolute Gasteiger partial charge is 0.455 e. The van der Waals surface area contributed by atoms with Crippen molar-refractivity contribution in [1.82, 2.24) is 0 Å². The maximum Gasteiger partial charge on any atom is 0.316 e. The predicted octanol–water partition coefficient (Wildman–Crippen LogP) is 4.16. The summed E-state index contributed by atoms with van der Waals surface area (Å²) in [5, 5.41) is 15.2. The van der Waals surface area contributed by atoms with E-state index in [1.807, 2.05) is 42.5 Å². The summed E-state index contributed by atoms with van der Waals surface area (Å²) in [7, 11) is 0. The third-order valence-electron chi connectivity index (χ3n) is 3.87. The van der Waals surface area contributed by atoms with Gasteiger partial charge in [0.25, 0.3) is 5.91 Å². The number of hydrogen-bond donors (Lipinski definition) is 1. The second kappa shape index (κ2) is 9.16. The number of thioether (sulfide) groups is 1. The minimum Gasteiger partial charge on any atom is -0.455 e. The normalized spacial score (nSPS) is 10.5. The molecule has 3 aromatic rings. The van der Waals surface area contributed by atoms with Gasteiger partial charge in [-0.1, -0.05) is 30.3 Å². The van der Waals surface area contributed by atoms with Crippen molar-refractivity contribution >= 4 is 45.8 Å². The third kappa shape index (κ3) is 5.52. The molecule has 0 aliphatic heterocycles. The summed E-state index contributed by atoms with van der Waals surface area (Å²) >= 11 is 1.28. The SMILES string of the molecule is O=C(COC(=O)CSc1ccc2ccccc2c1)Nc1ccc(F)c([N+](=O)[O-])c1. The second-order valence-electron chi connectivity index (χ2n) is 5.93. The molecule has 148 valence electrons. The maximum absolute atomic E-state index is 13.3. The van der Waals surface area contributed by atoms with Gasteiger partial charge in [-0.25, -0.2) is 0 Å². The number of carbonyl (C=O) groups excluding carboxylic acids is 2. The van der Waals surface area contributed by atoms with Gasteiger partial charge in [0.2, 0.25) is 5.82 Å². The summed E-state index contributed by atoms with van der Waals surface area (Å²) in [4.78, 5) is 34.4. The topological polar surface area (TPSA) is 98.5 Å². The first-order valence-corrected chi connectivity index (χ1v) is 9.42. The number of ether oxygens (including phenoxy) is 1. The zero-order valence-electron chi connectivity index (χ0n) is 15.0. The fourth-order valence-corrected chi connectivity index (χ4v) is 3.26. The molecule has 3 aromatic carbocycles. The van der Waals surface area contributed by atoms with Crippen LogP contribution in [0.1, 0.15) is 0 Å². The van der Waals surface area contributed by atoms with Gasteiger partial charge >= 0.3 is 11.7 Å². The number of amides is 1. The first-order valence-electron chi connectivity index (χ1n) is 8.43. The van der Waals surface area contributed by atoms with Crippen LogP contribution in [0.4, 0.5) is 15.8 Å². The molecule has 3 rings (SSSR count). The van der Waals surface area contributed by atoms with E-state index in [0.29, 0.717) is 0 Å². The molecule has 0 unspecified atom stereocenters. The van der Waals surface area contributed by atoms with E-state index in [0.717, 1.165) is 27.8 Å². The zero-order valence-corrected chi connectivity index (χ0v) is 15.8. The van der Waals surface area contributed by atoms with Crippen LogP contribution in [-0.2, 0) is 14.3 Å². The van der Waals surface area contributed by atoms with Gasteiger partial charge in [-0.2, -0.15) is 4.39 Å². The smallest absolute Gasteiger partial charge is 0.316 e. The van der Waals surface area contributed by atoms with Crippen molar-refractivity contribution in [2.75, 3.05) is 17.7 Å². The van der Waals surface area contributed by atoms with Crippen molar-refractivity contribution in [3.05, 3.63) is 76.6 Å². The molecule has 1 amide bonds. The Balaban J connectivity index is 1.48. The Bertz CT molecular complexity index is 1090. The van der Waals surface area contributed by atoms with Gasteiger partial charge in [-0.05, 0) is 35.0 Å². The number of nitrogens with one attached hydrogen (secondary N) is 1. The van der Waals surface area contributed by atoms with Crippen LogP contribution in [0.2, 0.25) is 0 Å². The summed E-state index contributed by atoms with van der Waals surface area (Å²) in [5.41, 5.74) is -0.726. The molecule has 29 heavy (non-hydrogen) atoms. The molecular formula is C20H15FN2O5S. The summed E-state index contributed by atoms with van der Waals surface area (Å²) < 4.78 is 18.2. The lowest BCUT2D eigenvalue weighted by Crippen LogP contribution is -2.21. The molecule has 7 nitrogen and oxygen atoms in total. The number of nitro benzene ring substituents is 1. The molecule has 0 saturated carbocycles. The van der Waals surface area contributed by atoms with Crippen LogP contribution in [0.15, 0.2) is 65.6 Å². The van der Waals surface area contributed by atoms with E-state index < -0.39 is 34.9 Å². The number of rotatable bonds is 7. The highest BCUT2D eigenvalue weighted by Crippen LogP contribution is 2.24. The van der Waals surface area contributed by atoms with Crippen LogP contribution in [0.3, 0.4) is 0 Å². The summed E-state index contributed by atoms with van der Waals surface area (Å²) in [6, 6.07) is 16.6. The molecular weight excluding hydrogens is 399 g/mol. The van der Waals surface area contributed by atoms with Gasteiger partial charge in [-0.3, -0.25) is 19.7 Å². The molecule has 0 fully saturated rings. The summed E-state index contributed by atoms with van der Waals surface area (Å²) in [6.45, 7) is -0.553. The fourth-order valence-electron chi connectivity index (χ4n) is 2.51. The number of halogens is 1. The lowest BCUT2D eigenvalue weighted by Gasteiger charge is -2.07. The number of nitro groups is 1. The third-order valence-corrected chi connectivity index (χ3v) is 4.84. The second-order valence-corrected chi connectivity index (χ2v) is 6.98. The Labute approximate surface area is 169 Å². The van der Waals surface area contributed by atoms with E-state index in [1.54, 1.807) is 0 Å². The zero-order chi connectivity index (χ0) is 20.8. The lowest BCUT2D eigenvalue weighted by molar-refractivity contribution is -0.387. The Morgan fingerprint density at radius 3 is 2.59 bits per heavy atom. The van der Waals surface area contributed by atoms with Crippen molar-refractivity contribution in [2.24, 2.45) is 0 Å². The molecule has 0 aromatic heterocycles. The molecule has 0 aliphatic carbocycles.